The first kappa shape index (κ1) is 20.4. The molecule has 10 heteroatoms. The number of benzene rings is 2. The first-order valence-electron chi connectivity index (χ1n) is 8.66. The summed E-state index contributed by atoms with van der Waals surface area (Å²) in [4.78, 5) is 34.6. The van der Waals surface area contributed by atoms with E-state index in [0.29, 0.717) is 42.4 Å². The van der Waals surface area contributed by atoms with Crippen LogP contribution in [0.15, 0.2) is 30.3 Å². The van der Waals surface area contributed by atoms with Crippen molar-refractivity contribution in [3.63, 3.8) is 0 Å². The van der Waals surface area contributed by atoms with Crippen LogP contribution in [0.1, 0.15) is 22.3 Å². The second-order valence-corrected chi connectivity index (χ2v) is 6.62. The zero-order valence-corrected chi connectivity index (χ0v) is 16.2. The first-order chi connectivity index (χ1) is 13.8. The van der Waals surface area contributed by atoms with Crippen LogP contribution in [0.3, 0.4) is 0 Å². The number of esters is 1. The number of hydrogen-bond donors (Lipinski definition) is 1. The minimum absolute atomic E-state index is 0.0850. The third-order valence-corrected chi connectivity index (χ3v) is 4.35. The molecule has 0 aromatic heterocycles. The maximum absolute atomic E-state index is 12.3. The largest absolute Gasteiger partial charge is 0.489 e. The molecule has 2 aromatic rings. The zero-order valence-electron chi connectivity index (χ0n) is 15.4. The standard InChI is InChI=1S/C19H17ClN2O7/c1-11-7-13(22(25)26)3-4-15(11)21-17(23)10-29-19(24)12-8-14(20)18-16(9-12)27-5-2-6-28-18/h3-4,7-9H,2,5-6,10H2,1H3,(H,21,23). The van der Waals surface area contributed by atoms with Gasteiger partial charge in [-0.2, -0.15) is 0 Å². The van der Waals surface area contributed by atoms with Gasteiger partial charge in [0.15, 0.2) is 18.1 Å². The number of carbonyl (C=O) groups is 2. The minimum atomic E-state index is -0.752. The Labute approximate surface area is 170 Å². The monoisotopic (exact) mass is 420 g/mol. The summed E-state index contributed by atoms with van der Waals surface area (Å²) < 4.78 is 16.0. The fraction of sp³-hybridized carbons (Fsp3) is 0.263. The van der Waals surface area contributed by atoms with Gasteiger partial charge >= 0.3 is 5.97 Å². The molecule has 1 aliphatic rings. The molecule has 0 unspecified atom stereocenters. The van der Waals surface area contributed by atoms with E-state index in [9.17, 15) is 19.7 Å². The number of ether oxygens (including phenoxy) is 3. The number of non-ortho nitro benzene ring substituents is 1. The van der Waals surface area contributed by atoms with Crippen LogP contribution >= 0.6 is 11.6 Å². The van der Waals surface area contributed by atoms with Gasteiger partial charge in [0.1, 0.15) is 0 Å². The number of hydrogen-bond acceptors (Lipinski definition) is 7. The van der Waals surface area contributed by atoms with Crippen molar-refractivity contribution >= 4 is 34.9 Å². The summed E-state index contributed by atoms with van der Waals surface area (Å²) in [6, 6.07) is 6.86. The van der Waals surface area contributed by atoms with Gasteiger partial charge in [0.2, 0.25) is 0 Å². The summed E-state index contributed by atoms with van der Waals surface area (Å²) in [6.07, 6.45) is 0.688. The van der Waals surface area contributed by atoms with Gasteiger partial charge in [-0.25, -0.2) is 4.79 Å². The topological polar surface area (TPSA) is 117 Å². The highest BCUT2D eigenvalue weighted by Gasteiger charge is 2.20. The van der Waals surface area contributed by atoms with Gasteiger partial charge in [-0.3, -0.25) is 14.9 Å². The fourth-order valence-corrected chi connectivity index (χ4v) is 2.92. The quantitative estimate of drug-likeness (QED) is 0.446. The highest BCUT2D eigenvalue weighted by Crippen LogP contribution is 2.38. The van der Waals surface area contributed by atoms with Crippen molar-refractivity contribution in [2.24, 2.45) is 0 Å². The van der Waals surface area contributed by atoms with Gasteiger partial charge in [0.05, 0.1) is 28.7 Å². The third kappa shape index (κ3) is 4.94. The second kappa shape index (κ2) is 8.78. The van der Waals surface area contributed by atoms with Crippen LogP contribution < -0.4 is 14.8 Å². The number of amides is 1. The van der Waals surface area contributed by atoms with E-state index < -0.39 is 23.4 Å². The van der Waals surface area contributed by atoms with Crippen molar-refractivity contribution in [1.29, 1.82) is 0 Å². The van der Waals surface area contributed by atoms with E-state index in [4.69, 9.17) is 25.8 Å². The predicted octanol–water partition coefficient (Wildman–Crippen LogP) is 3.51. The van der Waals surface area contributed by atoms with Crippen molar-refractivity contribution in [2.75, 3.05) is 25.1 Å². The van der Waals surface area contributed by atoms with Crippen LogP contribution in [0.5, 0.6) is 11.5 Å². The molecule has 1 aliphatic heterocycles. The summed E-state index contributed by atoms with van der Waals surface area (Å²) in [5, 5.41) is 13.5. The Kier molecular flexibility index (Phi) is 6.18. The molecule has 0 aliphatic carbocycles. The summed E-state index contributed by atoms with van der Waals surface area (Å²) >= 11 is 6.15. The summed E-state index contributed by atoms with van der Waals surface area (Å²) in [7, 11) is 0. The molecule has 0 spiro atoms. The molecule has 152 valence electrons. The average Bonchev–Trinajstić information content (AvgIpc) is 2.93. The number of carbonyl (C=O) groups excluding carboxylic acids is 2. The Morgan fingerprint density at radius 3 is 2.72 bits per heavy atom. The minimum Gasteiger partial charge on any atom is -0.489 e. The number of rotatable bonds is 5. The fourth-order valence-electron chi connectivity index (χ4n) is 2.65. The van der Waals surface area contributed by atoms with Crippen LogP contribution in [-0.4, -0.2) is 36.6 Å². The second-order valence-electron chi connectivity index (χ2n) is 6.22. The Hall–Kier alpha value is -3.33. The molecule has 0 fully saturated rings. The molecule has 1 heterocycles. The lowest BCUT2D eigenvalue weighted by molar-refractivity contribution is -0.384. The summed E-state index contributed by atoms with van der Waals surface area (Å²) in [6.45, 7) is 1.97. The summed E-state index contributed by atoms with van der Waals surface area (Å²) in [5.41, 5.74) is 0.931. The lowest BCUT2D eigenvalue weighted by Crippen LogP contribution is -2.21. The average molecular weight is 421 g/mol. The highest BCUT2D eigenvalue weighted by atomic mass is 35.5. The molecule has 0 atom stereocenters. The molecule has 1 amide bonds. The Morgan fingerprint density at radius 2 is 2.00 bits per heavy atom. The van der Waals surface area contributed by atoms with E-state index >= 15 is 0 Å². The maximum Gasteiger partial charge on any atom is 0.338 e. The summed E-state index contributed by atoms with van der Waals surface area (Å²) in [5.74, 6) is -0.631. The van der Waals surface area contributed by atoms with E-state index in [2.05, 4.69) is 5.32 Å². The molecule has 0 saturated heterocycles. The van der Waals surface area contributed by atoms with Crippen molar-refractivity contribution in [3.8, 4) is 11.5 Å². The maximum atomic E-state index is 12.3. The lowest BCUT2D eigenvalue weighted by atomic mass is 10.2. The molecular formula is C19H17ClN2O7. The number of nitrogens with zero attached hydrogens (tertiary/aromatic N) is 1. The van der Waals surface area contributed by atoms with Crippen molar-refractivity contribution in [2.45, 2.75) is 13.3 Å². The molecule has 2 aromatic carbocycles. The number of halogens is 1. The molecule has 0 bridgehead atoms. The van der Waals surface area contributed by atoms with Crippen molar-refractivity contribution in [1.82, 2.24) is 0 Å². The molecule has 3 rings (SSSR count). The van der Waals surface area contributed by atoms with Crippen LogP contribution in [0.25, 0.3) is 0 Å². The normalized spacial score (nSPS) is 12.6. The van der Waals surface area contributed by atoms with Crippen LogP contribution in [-0.2, 0) is 9.53 Å². The Balaban J connectivity index is 1.62. The van der Waals surface area contributed by atoms with E-state index in [0.717, 1.165) is 0 Å². The predicted molar refractivity (Wildman–Crippen MR) is 104 cm³/mol. The number of aryl methyl sites for hydroxylation is 1. The number of nitro groups is 1. The molecule has 9 nitrogen and oxygen atoms in total. The van der Waals surface area contributed by atoms with Crippen LogP contribution in [0.4, 0.5) is 11.4 Å². The van der Waals surface area contributed by atoms with Crippen molar-refractivity contribution < 1.29 is 28.7 Å². The Morgan fingerprint density at radius 1 is 1.24 bits per heavy atom. The Bertz CT molecular complexity index is 977. The third-order valence-electron chi connectivity index (χ3n) is 4.07. The van der Waals surface area contributed by atoms with Gasteiger partial charge in [0.25, 0.3) is 11.6 Å². The van der Waals surface area contributed by atoms with E-state index in [-0.39, 0.29) is 16.3 Å². The molecular weight excluding hydrogens is 404 g/mol. The van der Waals surface area contributed by atoms with Gasteiger partial charge in [0, 0.05) is 24.2 Å². The van der Waals surface area contributed by atoms with Crippen LogP contribution in [0.2, 0.25) is 5.02 Å². The molecule has 29 heavy (non-hydrogen) atoms. The van der Waals surface area contributed by atoms with E-state index in [1.807, 2.05) is 0 Å². The van der Waals surface area contributed by atoms with Gasteiger partial charge in [-0.15, -0.1) is 0 Å². The molecule has 1 N–H and O–H groups in total. The molecule has 0 saturated carbocycles. The van der Waals surface area contributed by atoms with Gasteiger partial charge in [-0.05, 0) is 30.7 Å². The first-order valence-corrected chi connectivity index (χ1v) is 9.04. The van der Waals surface area contributed by atoms with Gasteiger partial charge in [-0.1, -0.05) is 11.6 Å². The number of anilines is 1. The van der Waals surface area contributed by atoms with Crippen LogP contribution in [0, 0.1) is 17.0 Å². The van der Waals surface area contributed by atoms with E-state index in [1.165, 1.54) is 30.3 Å². The zero-order chi connectivity index (χ0) is 21.0. The number of nitrogens with one attached hydrogen (secondary N) is 1. The lowest BCUT2D eigenvalue weighted by Gasteiger charge is -2.12. The number of fused-ring (bicyclic) bond motifs is 1. The molecule has 0 radical (unpaired) electrons. The SMILES string of the molecule is Cc1cc([N+](=O)[O-])ccc1NC(=O)COC(=O)c1cc(Cl)c2c(c1)OCCCO2. The highest BCUT2D eigenvalue weighted by molar-refractivity contribution is 6.32. The number of nitro benzene ring substituents is 1. The smallest absolute Gasteiger partial charge is 0.338 e. The van der Waals surface area contributed by atoms with Crippen molar-refractivity contribution in [3.05, 3.63) is 56.6 Å². The van der Waals surface area contributed by atoms with Gasteiger partial charge < -0.3 is 19.5 Å². The van der Waals surface area contributed by atoms with E-state index in [1.54, 1.807) is 6.92 Å².